The smallest absolute Gasteiger partial charge is 0.339 e. The Morgan fingerprint density at radius 3 is 2.67 bits per heavy atom. The van der Waals surface area contributed by atoms with E-state index in [1.54, 1.807) is 11.7 Å². The van der Waals surface area contributed by atoms with Crippen LogP contribution in [0, 0.1) is 0 Å². The lowest BCUT2D eigenvalue weighted by Gasteiger charge is -2.25. The molecule has 0 radical (unpaired) electrons. The fourth-order valence-corrected chi connectivity index (χ4v) is 2.30. The normalized spacial score (nSPS) is 10.6. The second-order valence-corrected chi connectivity index (χ2v) is 5.04. The summed E-state index contributed by atoms with van der Waals surface area (Å²) in [5.41, 5.74) is 2.10. The van der Waals surface area contributed by atoms with Crippen molar-refractivity contribution in [2.45, 2.75) is 26.3 Å². The van der Waals surface area contributed by atoms with Gasteiger partial charge in [-0.25, -0.2) is 4.79 Å². The highest BCUT2D eigenvalue weighted by Crippen LogP contribution is 2.19. The summed E-state index contributed by atoms with van der Waals surface area (Å²) in [4.78, 5) is 13.5. The number of para-hydroxylation sites is 1. The van der Waals surface area contributed by atoms with E-state index in [1.807, 2.05) is 30.3 Å². The van der Waals surface area contributed by atoms with Gasteiger partial charge in [0.1, 0.15) is 5.56 Å². The number of hydrogen-bond acceptors (Lipinski definition) is 3. The van der Waals surface area contributed by atoms with Crippen LogP contribution in [0.2, 0.25) is 0 Å². The van der Waals surface area contributed by atoms with Gasteiger partial charge < -0.3 is 10.0 Å². The number of aryl methyl sites for hydroxylation is 1. The molecule has 0 bridgehead atoms. The standard InChI is InChI=1S/C16H21N3O2/c1-3-4-10-19(13-8-6-5-7-9-13)12-15-14(16(20)21)11-17-18(15)2/h5-9,11H,3-4,10,12H2,1-2H3,(H,20,21). The highest BCUT2D eigenvalue weighted by Gasteiger charge is 2.18. The molecule has 5 nitrogen and oxygen atoms in total. The molecule has 1 N–H and O–H groups in total. The van der Waals surface area contributed by atoms with Crippen LogP contribution in [0.15, 0.2) is 36.5 Å². The second kappa shape index (κ2) is 6.92. The van der Waals surface area contributed by atoms with Gasteiger partial charge in [0.15, 0.2) is 0 Å². The molecule has 5 heteroatoms. The van der Waals surface area contributed by atoms with Crippen LogP contribution < -0.4 is 4.90 Å². The Balaban J connectivity index is 2.27. The third-order valence-electron chi connectivity index (χ3n) is 3.54. The van der Waals surface area contributed by atoms with Gasteiger partial charge in [0, 0.05) is 19.3 Å². The number of aromatic carboxylic acids is 1. The molecule has 1 heterocycles. The molecule has 0 unspecified atom stereocenters. The maximum atomic E-state index is 11.3. The molecule has 0 aliphatic rings. The lowest BCUT2D eigenvalue weighted by atomic mass is 10.2. The highest BCUT2D eigenvalue weighted by molar-refractivity contribution is 5.88. The average molecular weight is 287 g/mol. The van der Waals surface area contributed by atoms with Gasteiger partial charge in [-0.2, -0.15) is 5.10 Å². The van der Waals surface area contributed by atoms with Crippen LogP contribution in [0.25, 0.3) is 0 Å². The first kappa shape index (κ1) is 15.1. The van der Waals surface area contributed by atoms with Crippen LogP contribution >= 0.6 is 0 Å². The number of rotatable bonds is 7. The van der Waals surface area contributed by atoms with Gasteiger partial charge in [0.25, 0.3) is 0 Å². The topological polar surface area (TPSA) is 58.4 Å². The lowest BCUT2D eigenvalue weighted by Crippen LogP contribution is -2.26. The van der Waals surface area contributed by atoms with Crippen LogP contribution in [0.5, 0.6) is 0 Å². The number of carboxylic acids is 1. The number of anilines is 1. The predicted octanol–water partition coefficient (Wildman–Crippen LogP) is 2.93. The van der Waals surface area contributed by atoms with Crippen LogP contribution in [0.3, 0.4) is 0 Å². The number of hydrogen-bond donors (Lipinski definition) is 1. The molecule has 0 atom stereocenters. The molecular formula is C16H21N3O2. The Morgan fingerprint density at radius 2 is 2.05 bits per heavy atom. The predicted molar refractivity (Wildman–Crippen MR) is 82.6 cm³/mol. The van der Waals surface area contributed by atoms with E-state index in [0.29, 0.717) is 6.54 Å². The number of benzene rings is 1. The number of unbranched alkanes of at least 4 members (excludes halogenated alkanes) is 1. The molecule has 1 aromatic carbocycles. The molecule has 2 aromatic rings. The van der Waals surface area contributed by atoms with Crippen LogP contribution in [0.1, 0.15) is 35.8 Å². The molecule has 0 spiro atoms. The molecule has 0 saturated carbocycles. The zero-order valence-electron chi connectivity index (χ0n) is 12.5. The van der Waals surface area contributed by atoms with Crippen molar-refractivity contribution in [1.29, 1.82) is 0 Å². The van der Waals surface area contributed by atoms with Crippen LogP contribution in [-0.2, 0) is 13.6 Å². The largest absolute Gasteiger partial charge is 0.478 e. The Kier molecular flexibility index (Phi) is 4.98. The van der Waals surface area contributed by atoms with E-state index in [2.05, 4.69) is 16.9 Å². The Morgan fingerprint density at radius 1 is 1.33 bits per heavy atom. The van der Waals surface area contributed by atoms with Crippen molar-refractivity contribution in [2.75, 3.05) is 11.4 Å². The van der Waals surface area contributed by atoms with Gasteiger partial charge in [-0.05, 0) is 18.6 Å². The molecule has 0 aliphatic carbocycles. The van der Waals surface area contributed by atoms with Crippen molar-refractivity contribution in [3.05, 3.63) is 47.8 Å². The number of nitrogens with zero attached hydrogens (tertiary/aromatic N) is 3. The Bertz CT molecular complexity index is 593. The van der Waals surface area contributed by atoms with E-state index in [4.69, 9.17) is 0 Å². The summed E-state index contributed by atoms with van der Waals surface area (Å²) in [5.74, 6) is -0.929. The Labute approximate surface area is 124 Å². The first-order chi connectivity index (χ1) is 10.1. The molecular weight excluding hydrogens is 266 g/mol. The third kappa shape index (κ3) is 3.62. The number of carboxylic acid groups (broad SMARTS) is 1. The quantitative estimate of drug-likeness (QED) is 0.850. The van der Waals surface area contributed by atoms with E-state index in [9.17, 15) is 9.90 Å². The van der Waals surface area contributed by atoms with Crippen molar-refractivity contribution in [3.8, 4) is 0 Å². The summed E-state index contributed by atoms with van der Waals surface area (Å²) in [6, 6.07) is 10.1. The molecule has 0 amide bonds. The van der Waals surface area contributed by atoms with E-state index in [-0.39, 0.29) is 5.56 Å². The van der Waals surface area contributed by atoms with E-state index >= 15 is 0 Å². The monoisotopic (exact) mass is 287 g/mol. The van der Waals surface area contributed by atoms with E-state index in [0.717, 1.165) is 30.8 Å². The van der Waals surface area contributed by atoms with Gasteiger partial charge in [-0.15, -0.1) is 0 Å². The summed E-state index contributed by atoms with van der Waals surface area (Å²) in [6.07, 6.45) is 3.58. The van der Waals surface area contributed by atoms with Crippen molar-refractivity contribution < 1.29 is 9.90 Å². The van der Waals surface area contributed by atoms with Gasteiger partial charge in [0.2, 0.25) is 0 Å². The number of carbonyl (C=O) groups is 1. The lowest BCUT2D eigenvalue weighted by molar-refractivity contribution is 0.0695. The minimum atomic E-state index is -0.929. The SMILES string of the molecule is CCCCN(Cc1c(C(=O)O)cnn1C)c1ccccc1. The molecule has 0 saturated heterocycles. The summed E-state index contributed by atoms with van der Waals surface area (Å²) in [6.45, 7) is 3.59. The van der Waals surface area contributed by atoms with Gasteiger partial charge in [-0.3, -0.25) is 4.68 Å². The Hall–Kier alpha value is -2.30. The molecule has 0 fully saturated rings. The van der Waals surface area contributed by atoms with Crippen molar-refractivity contribution in [1.82, 2.24) is 9.78 Å². The fraction of sp³-hybridized carbons (Fsp3) is 0.375. The summed E-state index contributed by atoms with van der Waals surface area (Å²) in [7, 11) is 1.78. The van der Waals surface area contributed by atoms with Crippen molar-refractivity contribution >= 4 is 11.7 Å². The third-order valence-corrected chi connectivity index (χ3v) is 3.54. The summed E-state index contributed by atoms with van der Waals surface area (Å²) >= 11 is 0. The maximum absolute atomic E-state index is 11.3. The minimum absolute atomic E-state index is 0.273. The van der Waals surface area contributed by atoms with Crippen molar-refractivity contribution in [3.63, 3.8) is 0 Å². The second-order valence-electron chi connectivity index (χ2n) is 5.04. The average Bonchev–Trinajstić information content (AvgIpc) is 2.85. The zero-order chi connectivity index (χ0) is 15.2. The van der Waals surface area contributed by atoms with E-state index in [1.165, 1.54) is 6.20 Å². The molecule has 112 valence electrons. The minimum Gasteiger partial charge on any atom is -0.478 e. The fourth-order valence-electron chi connectivity index (χ4n) is 2.30. The van der Waals surface area contributed by atoms with Crippen LogP contribution in [-0.4, -0.2) is 27.4 Å². The molecule has 21 heavy (non-hydrogen) atoms. The molecule has 2 rings (SSSR count). The summed E-state index contributed by atoms with van der Waals surface area (Å²) < 4.78 is 1.64. The molecule has 0 aliphatic heterocycles. The van der Waals surface area contributed by atoms with Gasteiger partial charge in [-0.1, -0.05) is 31.5 Å². The molecule has 1 aromatic heterocycles. The first-order valence-electron chi connectivity index (χ1n) is 7.17. The maximum Gasteiger partial charge on any atom is 0.339 e. The zero-order valence-corrected chi connectivity index (χ0v) is 12.5. The van der Waals surface area contributed by atoms with Gasteiger partial charge >= 0.3 is 5.97 Å². The van der Waals surface area contributed by atoms with E-state index < -0.39 is 5.97 Å². The van der Waals surface area contributed by atoms with Crippen molar-refractivity contribution in [2.24, 2.45) is 7.05 Å². The highest BCUT2D eigenvalue weighted by atomic mass is 16.4. The number of aromatic nitrogens is 2. The van der Waals surface area contributed by atoms with Crippen LogP contribution in [0.4, 0.5) is 5.69 Å². The summed E-state index contributed by atoms with van der Waals surface area (Å²) in [5, 5.41) is 13.3. The van der Waals surface area contributed by atoms with Gasteiger partial charge in [0.05, 0.1) is 18.4 Å². The first-order valence-corrected chi connectivity index (χ1v) is 7.17.